The molecule has 0 aliphatic carbocycles. The number of nitrogens with one attached hydrogen (secondary N) is 2. The summed E-state index contributed by atoms with van der Waals surface area (Å²) < 4.78 is 38.0. The van der Waals surface area contributed by atoms with Crippen LogP contribution >= 0.6 is 0 Å². The van der Waals surface area contributed by atoms with Crippen molar-refractivity contribution in [2.24, 2.45) is 0 Å². The molecule has 0 fully saturated rings. The highest BCUT2D eigenvalue weighted by Crippen LogP contribution is 2.20. The zero-order chi connectivity index (χ0) is 22.3. The lowest BCUT2D eigenvalue weighted by atomic mass is 10.2. The first-order chi connectivity index (χ1) is 14.9. The smallest absolute Gasteiger partial charge is 0.265 e. The maximum Gasteiger partial charge on any atom is 0.265 e. The molecule has 31 heavy (non-hydrogen) atoms. The van der Waals surface area contributed by atoms with Gasteiger partial charge in [-0.1, -0.05) is 6.92 Å². The number of ether oxygens (including phenoxy) is 2. The summed E-state index contributed by atoms with van der Waals surface area (Å²) >= 11 is 0. The molecule has 0 bridgehead atoms. The topological polar surface area (TPSA) is 120 Å². The van der Waals surface area contributed by atoms with Gasteiger partial charge in [0.15, 0.2) is 6.10 Å². The van der Waals surface area contributed by atoms with Gasteiger partial charge in [0.25, 0.3) is 15.9 Å². The molecule has 1 heterocycles. The van der Waals surface area contributed by atoms with E-state index in [0.717, 1.165) is 0 Å². The second-order valence-corrected chi connectivity index (χ2v) is 8.06. The van der Waals surface area contributed by atoms with E-state index >= 15 is 0 Å². The normalized spacial score (nSPS) is 11.9. The first-order valence-electron chi connectivity index (χ1n) is 9.42. The van der Waals surface area contributed by atoms with Crippen molar-refractivity contribution >= 4 is 27.6 Å². The Morgan fingerprint density at radius 3 is 2.19 bits per heavy atom. The van der Waals surface area contributed by atoms with E-state index in [2.05, 4.69) is 20.0 Å². The molecule has 1 atom stereocenters. The first-order valence-corrected chi connectivity index (χ1v) is 10.9. The summed E-state index contributed by atoms with van der Waals surface area (Å²) in [5.41, 5.74) is 0.441. The third-order valence-corrected chi connectivity index (χ3v) is 5.57. The monoisotopic (exact) mass is 442 g/mol. The Balaban J connectivity index is 1.64. The van der Waals surface area contributed by atoms with Crippen molar-refractivity contribution < 1.29 is 22.7 Å². The molecule has 0 unspecified atom stereocenters. The lowest BCUT2D eigenvalue weighted by molar-refractivity contribution is -0.122. The SMILES string of the molecule is CC[C@H](Oc1ccc(OC)cc1)C(=O)Nc1ccc(S(=O)(=O)Nc2ncccn2)cc1. The number of hydrogen-bond acceptors (Lipinski definition) is 7. The van der Waals surface area contributed by atoms with Crippen molar-refractivity contribution in [3.8, 4) is 11.5 Å². The van der Waals surface area contributed by atoms with E-state index in [1.807, 2.05) is 6.92 Å². The predicted octanol–water partition coefficient (Wildman–Crippen LogP) is 3.08. The van der Waals surface area contributed by atoms with Gasteiger partial charge in [0.05, 0.1) is 12.0 Å². The Bertz CT molecular complexity index is 1100. The summed E-state index contributed by atoms with van der Waals surface area (Å²) in [7, 11) is -2.28. The van der Waals surface area contributed by atoms with E-state index in [1.54, 1.807) is 37.4 Å². The van der Waals surface area contributed by atoms with Gasteiger partial charge in [-0.15, -0.1) is 0 Å². The molecule has 2 aromatic carbocycles. The minimum Gasteiger partial charge on any atom is -0.497 e. The zero-order valence-electron chi connectivity index (χ0n) is 17.0. The minimum absolute atomic E-state index is 0.0134. The van der Waals surface area contributed by atoms with E-state index in [1.165, 1.54) is 36.7 Å². The number of amides is 1. The van der Waals surface area contributed by atoms with Crippen molar-refractivity contribution in [2.75, 3.05) is 17.1 Å². The molecule has 0 saturated carbocycles. The van der Waals surface area contributed by atoms with Gasteiger partial charge in [-0.2, -0.15) is 0 Å². The van der Waals surface area contributed by atoms with Crippen LogP contribution in [0.15, 0.2) is 71.9 Å². The summed E-state index contributed by atoms with van der Waals surface area (Å²) in [5, 5.41) is 2.74. The molecule has 0 aliphatic heterocycles. The van der Waals surface area contributed by atoms with E-state index < -0.39 is 16.1 Å². The van der Waals surface area contributed by atoms with Crippen molar-refractivity contribution in [1.29, 1.82) is 0 Å². The lowest BCUT2D eigenvalue weighted by Crippen LogP contribution is -2.32. The molecule has 1 aromatic heterocycles. The number of anilines is 2. The number of benzene rings is 2. The molecule has 162 valence electrons. The molecule has 9 nitrogen and oxygen atoms in total. The zero-order valence-corrected chi connectivity index (χ0v) is 17.8. The van der Waals surface area contributed by atoms with Crippen molar-refractivity contribution in [3.63, 3.8) is 0 Å². The number of carbonyl (C=O) groups is 1. The fourth-order valence-corrected chi connectivity index (χ4v) is 3.57. The Hall–Kier alpha value is -3.66. The number of hydrogen-bond donors (Lipinski definition) is 2. The van der Waals surface area contributed by atoms with Crippen LogP contribution in [-0.2, 0) is 14.8 Å². The fraction of sp³-hybridized carbons (Fsp3) is 0.190. The fourth-order valence-electron chi connectivity index (χ4n) is 2.61. The van der Waals surface area contributed by atoms with Gasteiger partial charge < -0.3 is 14.8 Å². The second-order valence-electron chi connectivity index (χ2n) is 6.38. The second kappa shape index (κ2) is 9.90. The molecule has 0 saturated heterocycles. The highest BCUT2D eigenvalue weighted by Gasteiger charge is 2.20. The van der Waals surface area contributed by atoms with Gasteiger partial charge in [0, 0.05) is 18.1 Å². The van der Waals surface area contributed by atoms with Gasteiger partial charge in [-0.3, -0.25) is 4.79 Å². The molecule has 3 rings (SSSR count). The van der Waals surface area contributed by atoms with Crippen LogP contribution in [0.25, 0.3) is 0 Å². The Morgan fingerprint density at radius 2 is 1.61 bits per heavy atom. The third kappa shape index (κ3) is 5.92. The Kier molecular flexibility index (Phi) is 7.03. The summed E-state index contributed by atoms with van der Waals surface area (Å²) in [6.07, 6.45) is 2.60. The van der Waals surface area contributed by atoms with E-state index in [-0.39, 0.29) is 16.8 Å². The maximum atomic E-state index is 12.6. The Labute approximate surface area is 180 Å². The van der Waals surface area contributed by atoms with Crippen LogP contribution < -0.4 is 19.5 Å². The molecule has 10 heteroatoms. The molecule has 0 radical (unpaired) electrons. The van der Waals surface area contributed by atoms with Crippen LogP contribution in [0.1, 0.15) is 13.3 Å². The molecular formula is C21H22N4O5S. The van der Waals surface area contributed by atoms with Crippen LogP contribution in [0.3, 0.4) is 0 Å². The van der Waals surface area contributed by atoms with E-state index in [4.69, 9.17) is 9.47 Å². The number of rotatable bonds is 9. The van der Waals surface area contributed by atoms with Crippen molar-refractivity contribution in [2.45, 2.75) is 24.3 Å². The first kappa shape index (κ1) is 22.0. The highest BCUT2D eigenvalue weighted by molar-refractivity contribution is 7.92. The summed E-state index contributed by atoms with van der Waals surface area (Å²) in [4.78, 5) is 20.3. The number of nitrogens with zero attached hydrogens (tertiary/aromatic N) is 2. The van der Waals surface area contributed by atoms with Crippen LogP contribution in [0, 0.1) is 0 Å². The summed E-state index contributed by atoms with van der Waals surface area (Å²) in [6.45, 7) is 1.83. The highest BCUT2D eigenvalue weighted by atomic mass is 32.2. The number of aromatic nitrogens is 2. The average molecular weight is 442 g/mol. The van der Waals surface area contributed by atoms with Crippen molar-refractivity contribution in [3.05, 3.63) is 67.0 Å². The minimum atomic E-state index is -3.85. The molecule has 0 aliphatic rings. The summed E-state index contributed by atoms with van der Waals surface area (Å²) in [5.74, 6) is 0.859. The molecule has 0 spiro atoms. The van der Waals surface area contributed by atoms with Crippen LogP contribution in [-0.4, -0.2) is 37.5 Å². The number of methoxy groups -OCH3 is 1. The molecule has 1 amide bonds. The van der Waals surface area contributed by atoms with E-state index in [0.29, 0.717) is 23.6 Å². The van der Waals surface area contributed by atoms with Gasteiger partial charge in [-0.25, -0.2) is 23.1 Å². The van der Waals surface area contributed by atoms with Crippen molar-refractivity contribution in [1.82, 2.24) is 9.97 Å². The summed E-state index contributed by atoms with van der Waals surface area (Å²) in [6, 6.07) is 14.3. The van der Waals surface area contributed by atoms with Crippen LogP contribution in [0.5, 0.6) is 11.5 Å². The van der Waals surface area contributed by atoms with Gasteiger partial charge >= 0.3 is 0 Å². The van der Waals surface area contributed by atoms with E-state index in [9.17, 15) is 13.2 Å². The molecular weight excluding hydrogens is 420 g/mol. The third-order valence-electron chi connectivity index (χ3n) is 4.22. The quantitative estimate of drug-likeness (QED) is 0.522. The maximum absolute atomic E-state index is 12.6. The Morgan fingerprint density at radius 1 is 1.00 bits per heavy atom. The molecule has 2 N–H and O–H groups in total. The largest absolute Gasteiger partial charge is 0.497 e. The van der Waals surface area contributed by atoms with Crippen LogP contribution in [0.4, 0.5) is 11.6 Å². The lowest BCUT2D eigenvalue weighted by Gasteiger charge is -2.17. The number of carbonyl (C=O) groups excluding carboxylic acids is 1. The molecule has 3 aromatic rings. The van der Waals surface area contributed by atoms with Gasteiger partial charge in [-0.05, 0) is 61.0 Å². The standard InChI is InChI=1S/C21H22N4O5S/c1-3-19(30-17-9-7-16(29-2)8-10-17)20(26)24-15-5-11-18(12-6-15)31(27,28)25-21-22-13-4-14-23-21/h4-14,19H,3H2,1-2H3,(H,24,26)(H,22,23,25)/t19-/m0/s1. The predicted molar refractivity (Wildman–Crippen MR) is 116 cm³/mol. The average Bonchev–Trinajstić information content (AvgIpc) is 2.78. The van der Waals surface area contributed by atoms with Crippen LogP contribution in [0.2, 0.25) is 0 Å². The van der Waals surface area contributed by atoms with Gasteiger partial charge in [0.1, 0.15) is 11.5 Å². The number of sulfonamides is 1. The van der Waals surface area contributed by atoms with Gasteiger partial charge in [0.2, 0.25) is 5.95 Å².